The number of nitrogens with one attached hydrogen (secondary N) is 1. The average molecular weight is 296 g/mol. The molecule has 2 aromatic heterocycles. The Hall–Kier alpha value is -1.10. The van der Waals surface area contributed by atoms with Crippen LogP contribution in [0.15, 0.2) is 29.6 Å². The summed E-state index contributed by atoms with van der Waals surface area (Å²) in [5.74, 6) is 0.964. The lowest BCUT2D eigenvalue weighted by Crippen LogP contribution is -2.22. The van der Waals surface area contributed by atoms with Crippen LogP contribution in [-0.4, -0.2) is 25.6 Å². The second kappa shape index (κ2) is 6.89. The quantitative estimate of drug-likeness (QED) is 0.887. The van der Waals surface area contributed by atoms with Crippen LogP contribution in [0, 0.1) is 0 Å². The Morgan fingerprint density at radius 2 is 2.21 bits per heavy atom. The van der Waals surface area contributed by atoms with E-state index in [1.54, 1.807) is 11.3 Å². The SMILES string of the molecule is CNCc1nc(N(C)CCc2cccs2)ccc1Cl. The fourth-order valence-electron chi connectivity index (χ4n) is 1.82. The molecule has 0 saturated heterocycles. The molecule has 3 nitrogen and oxygen atoms in total. The van der Waals surface area contributed by atoms with Gasteiger partial charge in [-0.05, 0) is 37.0 Å². The van der Waals surface area contributed by atoms with E-state index in [9.17, 15) is 0 Å². The summed E-state index contributed by atoms with van der Waals surface area (Å²) in [7, 11) is 3.96. The highest BCUT2D eigenvalue weighted by atomic mass is 35.5. The van der Waals surface area contributed by atoms with E-state index in [1.807, 2.05) is 19.2 Å². The predicted octanol–water partition coefficient (Wildman–Crippen LogP) is 3.19. The average Bonchev–Trinajstić information content (AvgIpc) is 2.92. The maximum Gasteiger partial charge on any atom is 0.128 e. The van der Waals surface area contributed by atoms with Gasteiger partial charge in [0.15, 0.2) is 0 Å². The van der Waals surface area contributed by atoms with E-state index in [0.29, 0.717) is 11.6 Å². The maximum absolute atomic E-state index is 6.12. The predicted molar refractivity (Wildman–Crippen MR) is 83.3 cm³/mol. The van der Waals surface area contributed by atoms with Crippen molar-refractivity contribution in [2.75, 3.05) is 25.5 Å². The molecule has 102 valence electrons. The van der Waals surface area contributed by atoms with Gasteiger partial charge in [0.05, 0.1) is 10.7 Å². The molecule has 0 fully saturated rings. The number of rotatable bonds is 6. The summed E-state index contributed by atoms with van der Waals surface area (Å²) in [6.45, 7) is 1.64. The summed E-state index contributed by atoms with van der Waals surface area (Å²) >= 11 is 7.91. The van der Waals surface area contributed by atoms with E-state index in [1.165, 1.54) is 4.88 Å². The number of likely N-dealkylation sites (N-methyl/N-ethyl adjacent to an activating group) is 1. The van der Waals surface area contributed by atoms with Crippen molar-refractivity contribution in [2.24, 2.45) is 0 Å². The topological polar surface area (TPSA) is 28.2 Å². The molecule has 2 heterocycles. The van der Waals surface area contributed by atoms with Crippen molar-refractivity contribution < 1.29 is 0 Å². The minimum Gasteiger partial charge on any atom is -0.359 e. The van der Waals surface area contributed by atoms with Crippen LogP contribution < -0.4 is 10.2 Å². The maximum atomic E-state index is 6.12. The summed E-state index contributed by atoms with van der Waals surface area (Å²) in [5.41, 5.74) is 0.893. The lowest BCUT2D eigenvalue weighted by Gasteiger charge is -2.19. The second-order valence-corrected chi connectivity index (χ2v) is 5.82. The molecule has 0 unspecified atom stereocenters. The van der Waals surface area contributed by atoms with E-state index >= 15 is 0 Å². The molecule has 0 aliphatic rings. The van der Waals surface area contributed by atoms with Crippen molar-refractivity contribution in [3.63, 3.8) is 0 Å². The highest BCUT2D eigenvalue weighted by Gasteiger charge is 2.07. The third-order valence-corrected chi connectivity index (χ3v) is 4.19. The van der Waals surface area contributed by atoms with Crippen LogP contribution in [0.4, 0.5) is 5.82 Å². The number of thiophene rings is 1. The Morgan fingerprint density at radius 3 is 2.89 bits per heavy atom. The molecule has 0 aliphatic heterocycles. The van der Waals surface area contributed by atoms with Crippen LogP contribution in [0.1, 0.15) is 10.6 Å². The van der Waals surface area contributed by atoms with Crippen LogP contribution in [0.5, 0.6) is 0 Å². The Labute approximate surface area is 123 Å². The van der Waals surface area contributed by atoms with Crippen LogP contribution in [0.3, 0.4) is 0 Å². The van der Waals surface area contributed by atoms with Gasteiger partial charge in [-0.25, -0.2) is 4.98 Å². The minimum absolute atomic E-state index is 0.686. The van der Waals surface area contributed by atoms with E-state index in [4.69, 9.17) is 11.6 Å². The smallest absolute Gasteiger partial charge is 0.128 e. The van der Waals surface area contributed by atoms with Gasteiger partial charge in [0.2, 0.25) is 0 Å². The molecule has 0 aromatic carbocycles. The molecular formula is C14H18ClN3S. The number of nitrogens with zero attached hydrogens (tertiary/aromatic N) is 2. The van der Waals surface area contributed by atoms with Gasteiger partial charge >= 0.3 is 0 Å². The molecule has 0 aliphatic carbocycles. The summed E-state index contributed by atoms with van der Waals surface area (Å²) < 4.78 is 0. The highest BCUT2D eigenvalue weighted by molar-refractivity contribution is 7.09. The second-order valence-electron chi connectivity index (χ2n) is 4.38. The fraction of sp³-hybridized carbons (Fsp3) is 0.357. The molecule has 1 N–H and O–H groups in total. The first-order valence-electron chi connectivity index (χ1n) is 6.24. The van der Waals surface area contributed by atoms with Gasteiger partial charge in [0, 0.05) is 25.0 Å². The largest absolute Gasteiger partial charge is 0.359 e. The van der Waals surface area contributed by atoms with Gasteiger partial charge < -0.3 is 10.2 Å². The molecule has 19 heavy (non-hydrogen) atoms. The number of hydrogen-bond acceptors (Lipinski definition) is 4. The monoisotopic (exact) mass is 295 g/mol. The van der Waals surface area contributed by atoms with Gasteiger partial charge in [-0.15, -0.1) is 11.3 Å². The summed E-state index contributed by atoms with van der Waals surface area (Å²) in [5, 5.41) is 5.91. The number of aromatic nitrogens is 1. The summed E-state index contributed by atoms with van der Waals surface area (Å²) in [6, 6.07) is 8.14. The van der Waals surface area contributed by atoms with Crippen LogP contribution >= 0.6 is 22.9 Å². The van der Waals surface area contributed by atoms with Crippen molar-refractivity contribution in [3.8, 4) is 0 Å². The molecular weight excluding hydrogens is 278 g/mol. The first kappa shape index (κ1) is 14.3. The third kappa shape index (κ3) is 3.93. The molecule has 0 saturated carbocycles. The van der Waals surface area contributed by atoms with E-state index in [-0.39, 0.29) is 0 Å². The van der Waals surface area contributed by atoms with Crippen LogP contribution in [-0.2, 0) is 13.0 Å². The lowest BCUT2D eigenvalue weighted by atomic mass is 10.3. The van der Waals surface area contributed by atoms with E-state index in [0.717, 1.165) is 24.5 Å². The molecule has 5 heteroatoms. The highest BCUT2D eigenvalue weighted by Crippen LogP contribution is 2.19. The molecule has 0 radical (unpaired) electrons. The van der Waals surface area contributed by atoms with Gasteiger partial charge in [0.1, 0.15) is 5.82 Å². The summed E-state index contributed by atoms with van der Waals surface area (Å²) in [4.78, 5) is 8.16. The van der Waals surface area contributed by atoms with Gasteiger partial charge in [-0.3, -0.25) is 0 Å². The zero-order valence-corrected chi connectivity index (χ0v) is 12.8. The molecule has 2 rings (SSSR count). The Kier molecular flexibility index (Phi) is 5.19. The van der Waals surface area contributed by atoms with E-state index < -0.39 is 0 Å². The number of pyridine rings is 1. The Morgan fingerprint density at radius 1 is 1.37 bits per heavy atom. The van der Waals surface area contributed by atoms with Crippen molar-refractivity contribution in [3.05, 3.63) is 45.2 Å². The third-order valence-electron chi connectivity index (χ3n) is 2.91. The first-order valence-corrected chi connectivity index (χ1v) is 7.50. The van der Waals surface area contributed by atoms with Crippen LogP contribution in [0.2, 0.25) is 5.02 Å². The molecule has 2 aromatic rings. The molecule has 0 atom stereocenters. The number of anilines is 1. The summed E-state index contributed by atoms with van der Waals surface area (Å²) in [6.07, 6.45) is 1.04. The minimum atomic E-state index is 0.686. The molecule has 0 bridgehead atoms. The zero-order valence-electron chi connectivity index (χ0n) is 11.2. The van der Waals surface area contributed by atoms with Crippen molar-refractivity contribution >= 4 is 28.8 Å². The van der Waals surface area contributed by atoms with E-state index in [2.05, 4.69) is 39.8 Å². The van der Waals surface area contributed by atoms with Crippen molar-refractivity contribution in [1.29, 1.82) is 0 Å². The lowest BCUT2D eigenvalue weighted by molar-refractivity contribution is 0.782. The number of hydrogen-bond donors (Lipinski definition) is 1. The van der Waals surface area contributed by atoms with Crippen molar-refractivity contribution in [1.82, 2.24) is 10.3 Å². The van der Waals surface area contributed by atoms with Gasteiger partial charge in [-0.1, -0.05) is 17.7 Å². The normalized spacial score (nSPS) is 10.7. The van der Waals surface area contributed by atoms with Gasteiger partial charge in [0.25, 0.3) is 0 Å². The zero-order chi connectivity index (χ0) is 13.7. The number of halogens is 1. The fourth-order valence-corrected chi connectivity index (χ4v) is 2.69. The van der Waals surface area contributed by atoms with Gasteiger partial charge in [-0.2, -0.15) is 0 Å². The van der Waals surface area contributed by atoms with Crippen LogP contribution in [0.25, 0.3) is 0 Å². The Bertz CT molecular complexity index is 513. The molecule has 0 amide bonds. The molecule has 0 spiro atoms. The van der Waals surface area contributed by atoms with Crippen molar-refractivity contribution in [2.45, 2.75) is 13.0 Å². The Balaban J connectivity index is 2.02. The first-order chi connectivity index (χ1) is 9.20. The standard InChI is InChI=1S/C14H18ClN3S/c1-16-10-13-12(15)5-6-14(17-13)18(2)8-7-11-4-3-9-19-11/h3-6,9,16H,7-8,10H2,1-2H3.